The first-order chi connectivity index (χ1) is 5.08. The van der Waals surface area contributed by atoms with E-state index in [9.17, 15) is 8.42 Å². The number of hydrogen-bond donors (Lipinski definition) is 2. The summed E-state index contributed by atoms with van der Waals surface area (Å²) in [7, 11) is -2.98. The van der Waals surface area contributed by atoms with Gasteiger partial charge in [0, 0.05) is 6.04 Å². The number of nitrogens with one attached hydrogen (secondary N) is 2. The van der Waals surface area contributed by atoms with E-state index in [-0.39, 0.29) is 6.04 Å². The summed E-state index contributed by atoms with van der Waals surface area (Å²) in [5.74, 6) is 1.12. The number of rotatable bonds is 2. The van der Waals surface area contributed by atoms with Crippen molar-refractivity contribution in [3.8, 4) is 0 Å². The van der Waals surface area contributed by atoms with Crippen LogP contribution >= 0.6 is 0 Å². The Morgan fingerprint density at radius 2 is 1.91 bits per heavy atom. The smallest absolute Gasteiger partial charge is 0.208 e. The molecule has 4 nitrogen and oxygen atoms in total. The van der Waals surface area contributed by atoms with Gasteiger partial charge in [0.1, 0.15) is 0 Å². The SMILES string of the molecule is CS(=O)(=O)NC1C2CNCC21. The molecule has 1 saturated heterocycles. The summed E-state index contributed by atoms with van der Waals surface area (Å²) in [5, 5.41) is 3.20. The van der Waals surface area contributed by atoms with Crippen LogP contribution in [0.1, 0.15) is 0 Å². The van der Waals surface area contributed by atoms with Gasteiger partial charge in [-0.25, -0.2) is 13.1 Å². The molecule has 2 unspecified atom stereocenters. The lowest BCUT2D eigenvalue weighted by molar-refractivity contribution is 0.571. The molecule has 2 fully saturated rings. The monoisotopic (exact) mass is 176 g/mol. The number of hydrogen-bond acceptors (Lipinski definition) is 3. The average Bonchev–Trinajstić information content (AvgIpc) is 2.39. The van der Waals surface area contributed by atoms with E-state index in [0.29, 0.717) is 11.8 Å². The molecule has 2 N–H and O–H groups in total. The Labute approximate surface area is 66.4 Å². The summed E-state index contributed by atoms with van der Waals surface area (Å²) < 4.78 is 24.2. The molecule has 2 rings (SSSR count). The van der Waals surface area contributed by atoms with Crippen molar-refractivity contribution in [2.45, 2.75) is 6.04 Å². The third kappa shape index (κ3) is 1.40. The molecule has 0 spiro atoms. The second-order valence-corrected chi connectivity index (χ2v) is 5.18. The summed E-state index contributed by atoms with van der Waals surface area (Å²) in [4.78, 5) is 0. The molecule has 0 aromatic rings. The maximum absolute atomic E-state index is 10.8. The first-order valence-corrected chi connectivity index (χ1v) is 5.65. The van der Waals surface area contributed by atoms with E-state index < -0.39 is 10.0 Å². The van der Waals surface area contributed by atoms with Crippen LogP contribution in [0.15, 0.2) is 0 Å². The highest BCUT2D eigenvalue weighted by Crippen LogP contribution is 2.41. The molecule has 1 aliphatic carbocycles. The van der Waals surface area contributed by atoms with Gasteiger partial charge < -0.3 is 5.32 Å². The highest BCUT2D eigenvalue weighted by molar-refractivity contribution is 7.88. The minimum atomic E-state index is -2.98. The van der Waals surface area contributed by atoms with Gasteiger partial charge in [-0.05, 0) is 24.9 Å². The lowest BCUT2D eigenvalue weighted by Crippen LogP contribution is -2.31. The van der Waals surface area contributed by atoms with Gasteiger partial charge in [0.2, 0.25) is 10.0 Å². The molecule has 2 atom stereocenters. The van der Waals surface area contributed by atoms with Crippen molar-refractivity contribution in [3.05, 3.63) is 0 Å². The topological polar surface area (TPSA) is 58.2 Å². The van der Waals surface area contributed by atoms with Crippen molar-refractivity contribution >= 4 is 10.0 Å². The number of piperidine rings is 1. The molecule has 2 aliphatic rings. The largest absolute Gasteiger partial charge is 0.316 e. The standard InChI is InChI=1S/C6H12N2O2S/c1-11(9,10)8-6-4-2-7-3-5(4)6/h4-8H,2-3H2,1H3. The predicted molar refractivity (Wildman–Crippen MR) is 41.6 cm³/mol. The van der Waals surface area contributed by atoms with Gasteiger partial charge in [0.05, 0.1) is 6.26 Å². The predicted octanol–water partition coefficient (Wildman–Crippen LogP) is -1.25. The van der Waals surface area contributed by atoms with E-state index in [4.69, 9.17) is 0 Å². The first kappa shape index (κ1) is 7.52. The maximum Gasteiger partial charge on any atom is 0.208 e. The molecule has 0 radical (unpaired) electrons. The van der Waals surface area contributed by atoms with Crippen LogP contribution in [0.2, 0.25) is 0 Å². The summed E-state index contributed by atoms with van der Waals surface area (Å²) in [6.07, 6.45) is 1.22. The average molecular weight is 176 g/mol. The molecule has 0 aromatic carbocycles. The van der Waals surface area contributed by atoms with Crippen molar-refractivity contribution in [1.82, 2.24) is 10.0 Å². The Kier molecular flexibility index (Phi) is 1.49. The van der Waals surface area contributed by atoms with E-state index in [1.54, 1.807) is 0 Å². The van der Waals surface area contributed by atoms with Crippen molar-refractivity contribution < 1.29 is 8.42 Å². The molecule has 5 heteroatoms. The van der Waals surface area contributed by atoms with Gasteiger partial charge in [-0.2, -0.15) is 0 Å². The van der Waals surface area contributed by atoms with Crippen LogP contribution < -0.4 is 10.0 Å². The molecular formula is C6H12N2O2S. The van der Waals surface area contributed by atoms with Crippen molar-refractivity contribution in [1.29, 1.82) is 0 Å². The van der Waals surface area contributed by atoms with E-state index in [2.05, 4.69) is 10.0 Å². The Hall–Kier alpha value is -0.130. The van der Waals surface area contributed by atoms with Crippen molar-refractivity contribution in [3.63, 3.8) is 0 Å². The summed E-state index contributed by atoms with van der Waals surface area (Å²) in [6.45, 7) is 1.94. The highest BCUT2D eigenvalue weighted by Gasteiger charge is 2.53. The summed E-state index contributed by atoms with van der Waals surface area (Å²) in [6, 6.07) is 0.228. The summed E-state index contributed by atoms with van der Waals surface area (Å²) >= 11 is 0. The van der Waals surface area contributed by atoms with E-state index in [1.165, 1.54) is 6.26 Å². The fourth-order valence-electron chi connectivity index (χ4n) is 1.84. The Balaban J connectivity index is 1.93. The molecule has 1 saturated carbocycles. The Bertz CT molecular complexity index is 252. The molecular weight excluding hydrogens is 164 g/mol. The Morgan fingerprint density at radius 1 is 1.36 bits per heavy atom. The van der Waals surface area contributed by atoms with Crippen LogP contribution in [-0.2, 0) is 10.0 Å². The molecule has 11 heavy (non-hydrogen) atoms. The number of fused-ring (bicyclic) bond motifs is 1. The fraction of sp³-hybridized carbons (Fsp3) is 1.00. The lowest BCUT2D eigenvalue weighted by Gasteiger charge is -2.03. The quantitative estimate of drug-likeness (QED) is 0.553. The molecule has 1 heterocycles. The van der Waals surface area contributed by atoms with Crippen LogP contribution in [-0.4, -0.2) is 33.8 Å². The second kappa shape index (κ2) is 2.18. The zero-order chi connectivity index (χ0) is 8.06. The van der Waals surface area contributed by atoms with Gasteiger partial charge in [-0.1, -0.05) is 0 Å². The van der Waals surface area contributed by atoms with Gasteiger partial charge >= 0.3 is 0 Å². The minimum absolute atomic E-state index is 0.228. The van der Waals surface area contributed by atoms with Crippen molar-refractivity contribution in [2.75, 3.05) is 19.3 Å². The van der Waals surface area contributed by atoms with E-state index >= 15 is 0 Å². The maximum atomic E-state index is 10.8. The Morgan fingerprint density at radius 3 is 2.36 bits per heavy atom. The molecule has 0 bridgehead atoms. The van der Waals surface area contributed by atoms with Gasteiger partial charge in [-0.15, -0.1) is 0 Å². The lowest BCUT2D eigenvalue weighted by atomic mass is 10.4. The molecule has 64 valence electrons. The molecule has 0 amide bonds. The van der Waals surface area contributed by atoms with Crippen LogP contribution in [0.4, 0.5) is 0 Å². The van der Waals surface area contributed by atoms with Crippen LogP contribution in [0.25, 0.3) is 0 Å². The summed E-state index contributed by atoms with van der Waals surface area (Å²) in [5.41, 5.74) is 0. The zero-order valence-corrected chi connectivity index (χ0v) is 7.19. The zero-order valence-electron chi connectivity index (χ0n) is 6.37. The number of sulfonamides is 1. The fourth-order valence-corrected chi connectivity index (χ4v) is 2.68. The molecule has 0 aromatic heterocycles. The third-order valence-electron chi connectivity index (χ3n) is 2.44. The van der Waals surface area contributed by atoms with Gasteiger partial charge in [0.25, 0.3) is 0 Å². The van der Waals surface area contributed by atoms with Crippen molar-refractivity contribution in [2.24, 2.45) is 11.8 Å². The second-order valence-electron chi connectivity index (χ2n) is 3.40. The van der Waals surface area contributed by atoms with E-state index in [1.807, 2.05) is 0 Å². The van der Waals surface area contributed by atoms with Gasteiger partial charge in [0.15, 0.2) is 0 Å². The third-order valence-corrected chi connectivity index (χ3v) is 3.14. The first-order valence-electron chi connectivity index (χ1n) is 3.76. The highest BCUT2D eigenvalue weighted by atomic mass is 32.2. The van der Waals surface area contributed by atoms with Crippen LogP contribution in [0, 0.1) is 11.8 Å². The molecule has 1 aliphatic heterocycles. The van der Waals surface area contributed by atoms with Crippen LogP contribution in [0.5, 0.6) is 0 Å². The van der Waals surface area contributed by atoms with Gasteiger partial charge in [-0.3, -0.25) is 0 Å². The normalized spacial score (nSPS) is 42.1. The van der Waals surface area contributed by atoms with Crippen LogP contribution in [0.3, 0.4) is 0 Å². The van der Waals surface area contributed by atoms with E-state index in [0.717, 1.165) is 13.1 Å². The minimum Gasteiger partial charge on any atom is -0.316 e.